The van der Waals surface area contributed by atoms with Crippen LogP contribution in [0.15, 0.2) is 46.9 Å². The zero-order valence-corrected chi connectivity index (χ0v) is 22.0. The SMILES string of the molecule is Cc1c(C)c2c(c(C)c1Cc1ccc(C(=O)NCCCN(C)c3ccccc3)o1)CCC(C)(C)O2. The first-order chi connectivity index (χ1) is 16.7. The highest BCUT2D eigenvalue weighted by atomic mass is 16.5. The number of amides is 1. The Morgan fingerprint density at radius 1 is 1.03 bits per heavy atom. The summed E-state index contributed by atoms with van der Waals surface area (Å²) in [7, 11) is 2.06. The molecule has 1 N–H and O–H groups in total. The van der Waals surface area contributed by atoms with Crippen LogP contribution < -0.4 is 15.0 Å². The number of nitrogens with one attached hydrogen (secondary N) is 1. The van der Waals surface area contributed by atoms with Crippen molar-refractivity contribution in [3.8, 4) is 5.75 Å². The first-order valence-corrected chi connectivity index (χ1v) is 12.6. The van der Waals surface area contributed by atoms with Crippen molar-refractivity contribution in [2.75, 3.05) is 25.0 Å². The number of carbonyl (C=O) groups excluding carboxylic acids is 1. The molecule has 0 spiro atoms. The predicted molar refractivity (Wildman–Crippen MR) is 142 cm³/mol. The van der Waals surface area contributed by atoms with Crippen molar-refractivity contribution in [1.29, 1.82) is 0 Å². The molecule has 35 heavy (non-hydrogen) atoms. The van der Waals surface area contributed by atoms with Crippen LogP contribution in [0.1, 0.15) is 70.8 Å². The van der Waals surface area contributed by atoms with Crippen molar-refractivity contribution in [1.82, 2.24) is 5.32 Å². The van der Waals surface area contributed by atoms with Gasteiger partial charge in [-0.1, -0.05) is 18.2 Å². The van der Waals surface area contributed by atoms with Crippen molar-refractivity contribution in [2.24, 2.45) is 0 Å². The van der Waals surface area contributed by atoms with Gasteiger partial charge in [-0.05, 0) is 106 Å². The summed E-state index contributed by atoms with van der Waals surface area (Å²) in [5, 5.41) is 2.99. The van der Waals surface area contributed by atoms with Gasteiger partial charge in [0.2, 0.25) is 0 Å². The van der Waals surface area contributed by atoms with E-state index in [-0.39, 0.29) is 11.5 Å². The topological polar surface area (TPSA) is 54.7 Å². The second kappa shape index (κ2) is 10.2. The minimum absolute atomic E-state index is 0.127. The van der Waals surface area contributed by atoms with Crippen molar-refractivity contribution in [3.63, 3.8) is 0 Å². The number of carbonyl (C=O) groups is 1. The van der Waals surface area contributed by atoms with Gasteiger partial charge in [-0.25, -0.2) is 0 Å². The molecule has 1 aliphatic rings. The number of furan rings is 1. The molecule has 4 rings (SSSR count). The van der Waals surface area contributed by atoms with E-state index in [9.17, 15) is 4.79 Å². The van der Waals surface area contributed by atoms with Gasteiger partial charge in [-0.3, -0.25) is 4.79 Å². The van der Waals surface area contributed by atoms with Crippen LogP contribution >= 0.6 is 0 Å². The van der Waals surface area contributed by atoms with E-state index in [4.69, 9.17) is 9.15 Å². The summed E-state index contributed by atoms with van der Waals surface area (Å²) in [6, 6.07) is 14.0. The molecule has 1 aliphatic heterocycles. The molecule has 0 saturated heterocycles. The standard InChI is InChI=1S/C30H38N2O3/c1-20-21(2)28-25(15-16-30(4,5)35-28)22(3)26(20)19-24-13-14-27(34-24)29(33)31-17-10-18-32(6)23-11-8-7-9-12-23/h7-9,11-14H,10,15-19H2,1-6H3,(H,31,33). The Labute approximate surface area is 209 Å². The van der Waals surface area contributed by atoms with Gasteiger partial charge in [0.25, 0.3) is 5.91 Å². The van der Waals surface area contributed by atoms with Crippen molar-refractivity contribution < 1.29 is 13.9 Å². The number of ether oxygens (including phenoxy) is 1. The average molecular weight is 475 g/mol. The lowest BCUT2D eigenvalue weighted by atomic mass is 9.84. The van der Waals surface area contributed by atoms with Crippen molar-refractivity contribution >= 4 is 11.6 Å². The lowest BCUT2D eigenvalue weighted by Crippen LogP contribution is -2.33. The number of benzene rings is 2. The van der Waals surface area contributed by atoms with E-state index in [2.05, 4.69) is 64.0 Å². The summed E-state index contributed by atoms with van der Waals surface area (Å²) >= 11 is 0. The molecule has 1 aromatic heterocycles. The summed E-state index contributed by atoms with van der Waals surface area (Å²) in [5.41, 5.74) is 7.36. The predicted octanol–water partition coefficient (Wildman–Crippen LogP) is 6.16. The van der Waals surface area contributed by atoms with Crippen LogP contribution in [0.25, 0.3) is 0 Å². The second-order valence-electron chi connectivity index (χ2n) is 10.3. The highest BCUT2D eigenvalue weighted by molar-refractivity contribution is 5.91. The first kappa shape index (κ1) is 24.9. The van der Waals surface area contributed by atoms with Gasteiger partial charge < -0.3 is 19.4 Å². The molecule has 5 heteroatoms. The molecule has 3 aromatic rings. The quantitative estimate of drug-likeness (QED) is 0.398. The van der Waals surface area contributed by atoms with Crippen molar-refractivity contribution in [2.45, 2.75) is 65.9 Å². The van der Waals surface area contributed by atoms with Gasteiger partial charge in [0.15, 0.2) is 5.76 Å². The van der Waals surface area contributed by atoms with E-state index in [1.54, 1.807) is 6.07 Å². The van der Waals surface area contributed by atoms with E-state index >= 15 is 0 Å². The molecule has 0 fully saturated rings. The number of para-hydroxylation sites is 1. The normalized spacial score (nSPS) is 14.2. The highest BCUT2D eigenvalue weighted by Crippen LogP contribution is 2.41. The Balaban J connectivity index is 1.37. The largest absolute Gasteiger partial charge is 0.487 e. The molecule has 0 aliphatic carbocycles. The minimum Gasteiger partial charge on any atom is -0.487 e. The van der Waals surface area contributed by atoms with E-state index in [1.807, 2.05) is 24.3 Å². The summed E-state index contributed by atoms with van der Waals surface area (Å²) in [4.78, 5) is 14.8. The van der Waals surface area contributed by atoms with Gasteiger partial charge >= 0.3 is 0 Å². The molecule has 0 bridgehead atoms. The Morgan fingerprint density at radius 2 is 1.77 bits per heavy atom. The molecule has 2 heterocycles. The number of hydrogen-bond acceptors (Lipinski definition) is 4. The van der Waals surface area contributed by atoms with Crippen LogP contribution in [0, 0.1) is 20.8 Å². The maximum Gasteiger partial charge on any atom is 0.286 e. The van der Waals surface area contributed by atoms with Crippen LogP contribution in [0.2, 0.25) is 0 Å². The molecule has 0 saturated carbocycles. The first-order valence-electron chi connectivity index (χ1n) is 12.6. The third kappa shape index (κ3) is 5.55. The smallest absolute Gasteiger partial charge is 0.286 e. The Bertz CT molecular complexity index is 1190. The van der Waals surface area contributed by atoms with Gasteiger partial charge in [-0.15, -0.1) is 0 Å². The fourth-order valence-corrected chi connectivity index (χ4v) is 4.90. The summed E-state index contributed by atoms with van der Waals surface area (Å²) in [6.45, 7) is 12.3. The lowest BCUT2D eigenvalue weighted by Gasteiger charge is -2.35. The van der Waals surface area contributed by atoms with E-state index in [0.717, 1.165) is 37.3 Å². The summed E-state index contributed by atoms with van der Waals surface area (Å²) < 4.78 is 12.3. The number of anilines is 1. The lowest BCUT2D eigenvalue weighted by molar-refractivity contribution is 0.0833. The van der Waals surface area contributed by atoms with Gasteiger partial charge in [0.1, 0.15) is 17.1 Å². The Kier molecular flexibility index (Phi) is 7.25. The fraction of sp³-hybridized carbons (Fsp3) is 0.433. The third-order valence-electron chi connectivity index (χ3n) is 7.28. The number of nitrogens with zero attached hydrogens (tertiary/aromatic N) is 1. The van der Waals surface area contributed by atoms with E-state index in [1.165, 1.54) is 33.5 Å². The van der Waals surface area contributed by atoms with Gasteiger partial charge in [0, 0.05) is 32.2 Å². The van der Waals surface area contributed by atoms with E-state index in [0.29, 0.717) is 18.7 Å². The molecule has 186 valence electrons. The summed E-state index contributed by atoms with van der Waals surface area (Å²) in [5.74, 6) is 2.06. The fourth-order valence-electron chi connectivity index (χ4n) is 4.90. The maximum atomic E-state index is 12.6. The Morgan fingerprint density at radius 3 is 2.51 bits per heavy atom. The molecule has 0 atom stereocenters. The monoisotopic (exact) mass is 474 g/mol. The maximum absolute atomic E-state index is 12.6. The summed E-state index contributed by atoms with van der Waals surface area (Å²) in [6.07, 6.45) is 3.56. The molecule has 0 radical (unpaired) electrons. The Hall–Kier alpha value is -3.21. The van der Waals surface area contributed by atoms with Crippen LogP contribution in [-0.2, 0) is 12.8 Å². The van der Waals surface area contributed by atoms with Crippen LogP contribution in [0.5, 0.6) is 5.75 Å². The molecular formula is C30H38N2O3. The number of fused-ring (bicyclic) bond motifs is 1. The average Bonchev–Trinajstić information content (AvgIpc) is 3.31. The number of rotatable bonds is 8. The molecule has 2 aromatic carbocycles. The van der Waals surface area contributed by atoms with Gasteiger partial charge in [0.05, 0.1) is 0 Å². The van der Waals surface area contributed by atoms with E-state index < -0.39 is 0 Å². The van der Waals surface area contributed by atoms with Crippen LogP contribution in [0.3, 0.4) is 0 Å². The molecular weight excluding hydrogens is 436 g/mol. The van der Waals surface area contributed by atoms with Crippen molar-refractivity contribution in [3.05, 3.63) is 81.8 Å². The van der Waals surface area contributed by atoms with Gasteiger partial charge in [-0.2, -0.15) is 0 Å². The molecule has 1 amide bonds. The molecule has 5 nitrogen and oxygen atoms in total. The van der Waals surface area contributed by atoms with Crippen LogP contribution in [-0.4, -0.2) is 31.6 Å². The zero-order chi connectivity index (χ0) is 25.2. The minimum atomic E-state index is -0.163. The number of hydrogen-bond donors (Lipinski definition) is 1. The highest BCUT2D eigenvalue weighted by Gasteiger charge is 2.30. The third-order valence-corrected chi connectivity index (χ3v) is 7.28. The molecule has 0 unspecified atom stereocenters. The second-order valence-corrected chi connectivity index (χ2v) is 10.3. The zero-order valence-electron chi connectivity index (χ0n) is 22.0. The van der Waals surface area contributed by atoms with Crippen LogP contribution in [0.4, 0.5) is 5.69 Å².